The Bertz CT molecular complexity index is 441. The second-order valence-electron chi connectivity index (χ2n) is 3.31. The van der Waals surface area contributed by atoms with E-state index < -0.39 is 5.82 Å². The molecular weight excluding hydrogens is 213 g/mol. The lowest BCUT2D eigenvalue weighted by Crippen LogP contribution is -2.00. The maximum absolute atomic E-state index is 13.5. The molecule has 84 valence electrons. The fourth-order valence-corrected chi connectivity index (χ4v) is 1.53. The van der Waals surface area contributed by atoms with Crippen molar-refractivity contribution in [3.8, 4) is 11.5 Å². The number of hydrogen-bond acceptors (Lipinski definition) is 4. The molecule has 1 aliphatic heterocycles. The Balaban J connectivity index is 2.43. The van der Waals surface area contributed by atoms with Gasteiger partial charge in [0, 0.05) is 6.42 Å². The smallest absolute Gasteiger partial charge is 0.235 e. The van der Waals surface area contributed by atoms with Crippen molar-refractivity contribution in [3.63, 3.8) is 0 Å². The average Bonchev–Trinajstić information content (AvgIpc) is 2.53. The Morgan fingerprint density at radius 1 is 1.38 bits per heavy atom. The van der Waals surface area contributed by atoms with Crippen molar-refractivity contribution < 1.29 is 18.7 Å². The topological polar surface area (TPSA) is 47.9 Å². The van der Waals surface area contributed by atoms with Gasteiger partial charge in [-0.2, -0.15) is 0 Å². The van der Waals surface area contributed by atoms with E-state index in [1.807, 2.05) is 0 Å². The maximum Gasteiger partial charge on any atom is 0.235 e. The third-order valence-electron chi connectivity index (χ3n) is 2.26. The van der Waals surface area contributed by atoms with Crippen LogP contribution in [0.2, 0.25) is 0 Å². The van der Waals surface area contributed by atoms with Crippen LogP contribution in [0.3, 0.4) is 0 Å². The normalized spacial score (nSPS) is 13.8. The highest BCUT2D eigenvalue weighted by Gasteiger charge is 2.18. The molecule has 0 atom stereocenters. The Labute approximate surface area is 91.7 Å². The number of nitrogens with zero attached hydrogens (tertiary/aromatic N) is 1. The van der Waals surface area contributed by atoms with Crippen LogP contribution in [0.25, 0.3) is 0 Å². The van der Waals surface area contributed by atoms with Crippen molar-refractivity contribution in [2.24, 2.45) is 4.99 Å². The minimum atomic E-state index is -0.455. The van der Waals surface area contributed by atoms with Crippen LogP contribution in [0, 0.1) is 5.82 Å². The van der Waals surface area contributed by atoms with E-state index in [1.165, 1.54) is 18.2 Å². The highest BCUT2D eigenvalue weighted by Crippen LogP contribution is 2.35. The monoisotopic (exact) mass is 223 g/mol. The zero-order valence-electron chi connectivity index (χ0n) is 8.53. The van der Waals surface area contributed by atoms with Gasteiger partial charge in [-0.15, -0.1) is 0 Å². The summed E-state index contributed by atoms with van der Waals surface area (Å²) in [6.45, 7) is 0.922. The Kier molecular flexibility index (Phi) is 3.17. The van der Waals surface area contributed by atoms with Gasteiger partial charge in [-0.3, -0.25) is 0 Å². The molecule has 0 N–H and O–H groups in total. The first-order valence-corrected chi connectivity index (χ1v) is 4.93. The van der Waals surface area contributed by atoms with Gasteiger partial charge in [-0.05, 0) is 12.1 Å². The molecule has 1 aromatic carbocycles. The molecule has 2 rings (SSSR count). The summed E-state index contributed by atoms with van der Waals surface area (Å²) in [5.41, 5.74) is 0.239. The van der Waals surface area contributed by atoms with Crippen molar-refractivity contribution in [2.75, 3.05) is 13.2 Å². The SMILES string of the molecule is O=C=NCc1c(F)ccc2c1OCCCO2. The molecule has 0 saturated carbocycles. The molecule has 0 unspecified atom stereocenters. The molecule has 4 nitrogen and oxygen atoms in total. The van der Waals surface area contributed by atoms with Gasteiger partial charge in [0.05, 0.1) is 25.3 Å². The van der Waals surface area contributed by atoms with Crippen LogP contribution in [0.1, 0.15) is 12.0 Å². The molecule has 0 bridgehead atoms. The molecule has 1 heterocycles. The van der Waals surface area contributed by atoms with Gasteiger partial charge < -0.3 is 9.47 Å². The predicted octanol–water partition coefficient (Wildman–Crippen LogP) is 1.82. The number of hydrogen-bond donors (Lipinski definition) is 0. The standard InChI is InChI=1S/C11H10FNO3/c12-9-2-3-10-11(8(9)6-13-7-14)16-5-1-4-15-10/h2-3H,1,4-6H2. The summed E-state index contributed by atoms with van der Waals surface area (Å²) in [5, 5.41) is 0. The summed E-state index contributed by atoms with van der Waals surface area (Å²) >= 11 is 0. The van der Waals surface area contributed by atoms with E-state index >= 15 is 0 Å². The molecule has 1 aromatic rings. The van der Waals surface area contributed by atoms with Gasteiger partial charge in [-0.1, -0.05) is 0 Å². The van der Waals surface area contributed by atoms with Crippen molar-refractivity contribution >= 4 is 6.08 Å². The van der Waals surface area contributed by atoms with Crippen LogP contribution in [0.15, 0.2) is 17.1 Å². The predicted molar refractivity (Wildman–Crippen MR) is 53.8 cm³/mol. The van der Waals surface area contributed by atoms with Gasteiger partial charge in [-0.25, -0.2) is 14.2 Å². The van der Waals surface area contributed by atoms with E-state index in [-0.39, 0.29) is 12.1 Å². The molecule has 1 aliphatic rings. The van der Waals surface area contributed by atoms with Crippen LogP contribution in [-0.4, -0.2) is 19.3 Å². The van der Waals surface area contributed by atoms with Gasteiger partial charge in [0.2, 0.25) is 6.08 Å². The lowest BCUT2D eigenvalue weighted by Gasteiger charge is -2.11. The number of fused-ring (bicyclic) bond motifs is 1. The maximum atomic E-state index is 13.5. The van der Waals surface area contributed by atoms with Gasteiger partial charge in [0.25, 0.3) is 0 Å². The molecular formula is C11H10FNO3. The first-order valence-electron chi connectivity index (χ1n) is 4.93. The van der Waals surface area contributed by atoms with Gasteiger partial charge in [0.1, 0.15) is 5.82 Å². The van der Waals surface area contributed by atoms with Crippen molar-refractivity contribution in [2.45, 2.75) is 13.0 Å². The Morgan fingerprint density at radius 2 is 2.19 bits per heavy atom. The van der Waals surface area contributed by atoms with Crippen LogP contribution in [-0.2, 0) is 11.3 Å². The Hall–Kier alpha value is -1.87. The van der Waals surface area contributed by atoms with Gasteiger partial charge in [0.15, 0.2) is 11.5 Å². The number of ether oxygens (including phenoxy) is 2. The fourth-order valence-electron chi connectivity index (χ4n) is 1.53. The third kappa shape index (κ3) is 2.04. The summed E-state index contributed by atoms with van der Waals surface area (Å²) in [4.78, 5) is 13.4. The third-order valence-corrected chi connectivity index (χ3v) is 2.26. The lowest BCUT2D eigenvalue weighted by molar-refractivity contribution is 0.296. The number of rotatable bonds is 2. The molecule has 0 fully saturated rings. The van der Waals surface area contributed by atoms with E-state index in [0.717, 1.165) is 6.42 Å². The number of aliphatic imine (C=N–C) groups is 1. The zero-order valence-corrected chi connectivity index (χ0v) is 8.53. The van der Waals surface area contributed by atoms with E-state index in [1.54, 1.807) is 0 Å². The first kappa shape index (κ1) is 10.6. The minimum absolute atomic E-state index is 0.0815. The fraction of sp³-hybridized carbons (Fsp3) is 0.364. The van der Waals surface area contributed by atoms with Crippen LogP contribution < -0.4 is 9.47 Å². The quantitative estimate of drug-likeness (QED) is 0.567. The molecule has 16 heavy (non-hydrogen) atoms. The molecule has 0 saturated heterocycles. The molecule has 0 radical (unpaired) electrons. The lowest BCUT2D eigenvalue weighted by atomic mass is 10.1. The number of benzene rings is 1. The van der Waals surface area contributed by atoms with Crippen molar-refractivity contribution in [3.05, 3.63) is 23.5 Å². The molecule has 0 amide bonds. The van der Waals surface area contributed by atoms with Crippen LogP contribution >= 0.6 is 0 Å². The first-order chi connectivity index (χ1) is 7.83. The molecule has 0 aromatic heterocycles. The average molecular weight is 223 g/mol. The van der Waals surface area contributed by atoms with E-state index in [9.17, 15) is 9.18 Å². The highest BCUT2D eigenvalue weighted by molar-refractivity contribution is 5.48. The number of carbonyl (C=O) groups excluding carboxylic acids is 1. The number of isocyanates is 1. The van der Waals surface area contributed by atoms with E-state index in [4.69, 9.17) is 9.47 Å². The summed E-state index contributed by atoms with van der Waals surface area (Å²) in [7, 11) is 0. The minimum Gasteiger partial charge on any atom is -0.490 e. The summed E-state index contributed by atoms with van der Waals surface area (Å²) in [5.74, 6) is 0.384. The van der Waals surface area contributed by atoms with Crippen LogP contribution in [0.5, 0.6) is 11.5 Å². The van der Waals surface area contributed by atoms with E-state index in [0.29, 0.717) is 24.7 Å². The zero-order chi connectivity index (χ0) is 11.4. The summed E-state index contributed by atoms with van der Waals surface area (Å²) in [6, 6.07) is 2.80. The highest BCUT2D eigenvalue weighted by atomic mass is 19.1. The molecule has 5 heteroatoms. The second kappa shape index (κ2) is 4.77. The summed E-state index contributed by atoms with van der Waals surface area (Å²) < 4.78 is 24.3. The largest absolute Gasteiger partial charge is 0.490 e. The molecule has 0 aliphatic carbocycles. The van der Waals surface area contributed by atoms with Crippen LogP contribution in [0.4, 0.5) is 4.39 Å². The number of halogens is 1. The Morgan fingerprint density at radius 3 is 3.00 bits per heavy atom. The van der Waals surface area contributed by atoms with Crippen molar-refractivity contribution in [1.29, 1.82) is 0 Å². The summed E-state index contributed by atoms with van der Waals surface area (Å²) in [6.07, 6.45) is 2.12. The van der Waals surface area contributed by atoms with Gasteiger partial charge >= 0.3 is 0 Å². The van der Waals surface area contributed by atoms with E-state index in [2.05, 4.69) is 4.99 Å². The molecule has 0 spiro atoms. The second-order valence-corrected chi connectivity index (χ2v) is 3.31. The van der Waals surface area contributed by atoms with Crippen molar-refractivity contribution in [1.82, 2.24) is 0 Å².